The highest BCUT2D eigenvalue weighted by atomic mass is 32.1. The lowest BCUT2D eigenvalue weighted by Gasteiger charge is -1.96. The molecule has 0 bridgehead atoms. The third-order valence-electron chi connectivity index (χ3n) is 1.75. The van der Waals surface area contributed by atoms with Crippen molar-refractivity contribution >= 4 is 21.4 Å². The number of thiophene rings is 1. The first-order valence-corrected chi connectivity index (χ1v) is 4.50. The highest BCUT2D eigenvalue weighted by Gasteiger charge is 1.96. The molecule has 0 unspecified atom stereocenters. The van der Waals surface area contributed by atoms with Gasteiger partial charge in [-0.3, -0.25) is 5.26 Å². The van der Waals surface area contributed by atoms with Gasteiger partial charge in [0.25, 0.3) is 0 Å². The van der Waals surface area contributed by atoms with E-state index in [2.05, 4.69) is 11.0 Å². The van der Waals surface area contributed by atoms with Gasteiger partial charge in [0.05, 0.1) is 0 Å². The van der Waals surface area contributed by atoms with Crippen molar-refractivity contribution in [1.82, 2.24) is 0 Å². The van der Waals surface area contributed by atoms with Crippen LogP contribution in [0.4, 0.5) is 0 Å². The lowest BCUT2D eigenvalue weighted by atomic mass is 10.2. The van der Waals surface area contributed by atoms with E-state index in [-0.39, 0.29) is 6.61 Å². The fourth-order valence-corrected chi connectivity index (χ4v) is 1.95. The van der Waals surface area contributed by atoms with Crippen molar-refractivity contribution in [3.8, 4) is 0 Å². The van der Waals surface area contributed by atoms with E-state index in [0.29, 0.717) is 0 Å². The van der Waals surface area contributed by atoms with Crippen molar-refractivity contribution in [2.45, 2.75) is 6.61 Å². The summed E-state index contributed by atoms with van der Waals surface area (Å²) >= 11 is 1.71. The van der Waals surface area contributed by atoms with Crippen LogP contribution in [0.25, 0.3) is 10.1 Å². The Bertz CT molecular complexity index is 381. The quantitative estimate of drug-likeness (QED) is 0.568. The molecule has 1 aromatic heterocycles. The summed E-state index contributed by atoms with van der Waals surface area (Å²) in [6, 6.07) is 8.06. The number of hydrogen-bond acceptors (Lipinski definition) is 3. The molecule has 2 rings (SSSR count). The van der Waals surface area contributed by atoms with Gasteiger partial charge in [-0.1, -0.05) is 6.07 Å². The molecule has 1 heterocycles. The summed E-state index contributed by atoms with van der Waals surface area (Å²) in [5, 5.41) is 11.5. The van der Waals surface area contributed by atoms with Crippen LogP contribution in [0.15, 0.2) is 29.6 Å². The predicted octanol–water partition coefficient (Wildman–Crippen LogP) is 2.89. The van der Waals surface area contributed by atoms with Crippen LogP contribution >= 0.6 is 11.3 Å². The Kier molecular flexibility index (Phi) is 2.08. The summed E-state index contributed by atoms with van der Waals surface area (Å²) in [7, 11) is 0. The molecule has 62 valence electrons. The zero-order valence-electron chi connectivity index (χ0n) is 6.36. The van der Waals surface area contributed by atoms with E-state index in [9.17, 15) is 0 Å². The molecule has 0 amide bonds. The second kappa shape index (κ2) is 3.23. The van der Waals surface area contributed by atoms with Crippen LogP contribution in [-0.4, -0.2) is 5.26 Å². The molecule has 3 heteroatoms. The molecule has 0 aliphatic carbocycles. The van der Waals surface area contributed by atoms with Gasteiger partial charge in [0, 0.05) is 4.70 Å². The third kappa shape index (κ3) is 1.34. The summed E-state index contributed by atoms with van der Waals surface area (Å²) in [6.45, 7) is 0.256. The minimum Gasteiger partial charge on any atom is -0.251 e. The second-order valence-electron chi connectivity index (χ2n) is 2.57. The van der Waals surface area contributed by atoms with Gasteiger partial charge in [0.15, 0.2) is 0 Å². The van der Waals surface area contributed by atoms with Crippen molar-refractivity contribution in [3.63, 3.8) is 0 Å². The SMILES string of the molecule is OOCc1ccc2sccc2c1. The fraction of sp³-hybridized carbons (Fsp3) is 0.111. The number of hydrogen-bond donors (Lipinski definition) is 1. The van der Waals surface area contributed by atoms with E-state index in [1.807, 2.05) is 23.6 Å². The molecule has 2 nitrogen and oxygen atoms in total. The maximum Gasteiger partial charge on any atom is 0.107 e. The van der Waals surface area contributed by atoms with Gasteiger partial charge in [0.1, 0.15) is 6.61 Å². The average Bonchev–Trinajstić information content (AvgIpc) is 2.51. The van der Waals surface area contributed by atoms with Crippen LogP contribution in [0.1, 0.15) is 5.56 Å². The minimum absolute atomic E-state index is 0.256. The van der Waals surface area contributed by atoms with E-state index in [1.165, 1.54) is 10.1 Å². The maximum atomic E-state index is 8.24. The number of rotatable bonds is 2. The van der Waals surface area contributed by atoms with Gasteiger partial charge >= 0.3 is 0 Å². The molecular formula is C9H8O2S. The molecule has 2 aromatic rings. The normalized spacial score (nSPS) is 10.8. The predicted molar refractivity (Wildman–Crippen MR) is 49.2 cm³/mol. The summed E-state index contributed by atoms with van der Waals surface area (Å²) in [5.74, 6) is 0. The molecular weight excluding hydrogens is 172 g/mol. The van der Waals surface area contributed by atoms with Gasteiger partial charge in [-0.25, -0.2) is 4.89 Å². The Morgan fingerprint density at radius 1 is 1.33 bits per heavy atom. The summed E-state index contributed by atoms with van der Waals surface area (Å²) in [6.07, 6.45) is 0. The molecule has 1 aromatic carbocycles. The van der Waals surface area contributed by atoms with Crippen molar-refractivity contribution in [2.75, 3.05) is 0 Å². The molecule has 0 aliphatic rings. The summed E-state index contributed by atoms with van der Waals surface area (Å²) in [5.41, 5.74) is 0.989. The first kappa shape index (κ1) is 7.73. The lowest BCUT2D eigenvalue weighted by Crippen LogP contribution is -1.85. The van der Waals surface area contributed by atoms with Crippen LogP contribution in [0, 0.1) is 0 Å². The molecule has 1 N–H and O–H groups in total. The van der Waals surface area contributed by atoms with Crippen LogP contribution < -0.4 is 0 Å². The fourth-order valence-electron chi connectivity index (χ4n) is 1.18. The zero-order valence-corrected chi connectivity index (χ0v) is 7.17. The Hall–Kier alpha value is -0.900. The van der Waals surface area contributed by atoms with Crippen molar-refractivity contribution in [1.29, 1.82) is 0 Å². The molecule has 0 saturated heterocycles. The zero-order chi connectivity index (χ0) is 8.39. The summed E-state index contributed by atoms with van der Waals surface area (Å²) < 4.78 is 1.26. The molecule has 0 aliphatic heterocycles. The van der Waals surface area contributed by atoms with Crippen molar-refractivity contribution < 1.29 is 10.1 Å². The van der Waals surface area contributed by atoms with Crippen LogP contribution in [-0.2, 0) is 11.5 Å². The van der Waals surface area contributed by atoms with Gasteiger partial charge in [-0.15, -0.1) is 11.3 Å². The standard InChI is InChI=1S/C9H8O2S/c10-11-6-7-1-2-9-8(5-7)3-4-12-9/h1-5,10H,6H2. The van der Waals surface area contributed by atoms with E-state index in [4.69, 9.17) is 5.26 Å². The van der Waals surface area contributed by atoms with Gasteiger partial charge in [0.2, 0.25) is 0 Å². The maximum absolute atomic E-state index is 8.24. The molecule has 0 atom stereocenters. The molecule has 12 heavy (non-hydrogen) atoms. The van der Waals surface area contributed by atoms with Gasteiger partial charge in [-0.2, -0.15) is 0 Å². The number of benzene rings is 1. The van der Waals surface area contributed by atoms with Gasteiger partial charge in [-0.05, 0) is 34.5 Å². The third-order valence-corrected chi connectivity index (χ3v) is 2.65. The Morgan fingerprint density at radius 2 is 2.25 bits per heavy atom. The second-order valence-corrected chi connectivity index (χ2v) is 3.51. The van der Waals surface area contributed by atoms with Crippen LogP contribution in [0.5, 0.6) is 0 Å². The number of fused-ring (bicyclic) bond motifs is 1. The average molecular weight is 180 g/mol. The molecule has 0 spiro atoms. The van der Waals surface area contributed by atoms with E-state index >= 15 is 0 Å². The van der Waals surface area contributed by atoms with Crippen LogP contribution in [0.3, 0.4) is 0 Å². The highest BCUT2D eigenvalue weighted by Crippen LogP contribution is 2.21. The van der Waals surface area contributed by atoms with E-state index in [1.54, 1.807) is 11.3 Å². The van der Waals surface area contributed by atoms with E-state index in [0.717, 1.165) is 5.56 Å². The molecule has 0 radical (unpaired) electrons. The molecule has 0 saturated carbocycles. The van der Waals surface area contributed by atoms with E-state index < -0.39 is 0 Å². The van der Waals surface area contributed by atoms with Crippen LogP contribution in [0.2, 0.25) is 0 Å². The minimum atomic E-state index is 0.256. The first-order valence-electron chi connectivity index (χ1n) is 3.62. The highest BCUT2D eigenvalue weighted by molar-refractivity contribution is 7.17. The van der Waals surface area contributed by atoms with Crippen molar-refractivity contribution in [3.05, 3.63) is 35.2 Å². The monoisotopic (exact) mass is 180 g/mol. The smallest absolute Gasteiger partial charge is 0.107 e. The molecule has 0 fully saturated rings. The topological polar surface area (TPSA) is 29.5 Å². The lowest BCUT2D eigenvalue weighted by molar-refractivity contribution is -0.252. The Morgan fingerprint density at radius 3 is 3.08 bits per heavy atom. The largest absolute Gasteiger partial charge is 0.251 e. The first-order chi connectivity index (χ1) is 5.90. The Balaban J connectivity index is 2.46. The van der Waals surface area contributed by atoms with Crippen molar-refractivity contribution in [2.24, 2.45) is 0 Å². The van der Waals surface area contributed by atoms with Gasteiger partial charge < -0.3 is 0 Å². The summed E-state index contributed by atoms with van der Waals surface area (Å²) in [4.78, 5) is 4.06. The Labute approximate surface area is 74.0 Å².